The number of carbonyl (C=O) groups excluding carboxylic acids is 2. The largest absolute Gasteiger partial charge is 0.490 e. The Morgan fingerprint density at radius 2 is 1.40 bits per heavy atom. The second-order valence-electron chi connectivity index (χ2n) is 5.93. The van der Waals surface area contributed by atoms with Crippen molar-refractivity contribution in [1.29, 1.82) is 0 Å². The Balaban J connectivity index is 1.52. The minimum absolute atomic E-state index is 0.0203. The van der Waals surface area contributed by atoms with Gasteiger partial charge in [-0.3, -0.25) is 0 Å². The van der Waals surface area contributed by atoms with Crippen molar-refractivity contribution in [3.05, 3.63) is 95.3 Å². The van der Waals surface area contributed by atoms with Crippen molar-refractivity contribution in [2.45, 2.75) is 0 Å². The molecule has 0 atom stereocenters. The maximum atomic E-state index is 13.7. The van der Waals surface area contributed by atoms with Gasteiger partial charge in [0.25, 0.3) is 0 Å². The van der Waals surface area contributed by atoms with Crippen LogP contribution < -0.4 is 9.47 Å². The summed E-state index contributed by atoms with van der Waals surface area (Å²) < 4.78 is 55.2. The molecule has 0 N–H and O–H groups in total. The van der Waals surface area contributed by atoms with E-state index >= 15 is 0 Å². The molecule has 0 bridgehead atoms. The maximum absolute atomic E-state index is 13.7. The summed E-state index contributed by atoms with van der Waals surface area (Å²) in [5.41, 5.74) is -0.565. The maximum Gasteiger partial charge on any atom is 0.346 e. The van der Waals surface area contributed by atoms with E-state index in [0.29, 0.717) is 11.8 Å². The highest BCUT2D eigenvalue weighted by Crippen LogP contribution is 2.19. The number of carbonyl (C=O) groups is 2. The van der Waals surface area contributed by atoms with Crippen LogP contribution in [0, 0.1) is 17.5 Å². The van der Waals surface area contributed by atoms with Gasteiger partial charge in [-0.15, -0.1) is 0 Å². The van der Waals surface area contributed by atoms with Crippen molar-refractivity contribution in [1.82, 2.24) is 0 Å². The Kier molecular flexibility index (Phi) is 6.69. The molecule has 3 rings (SSSR count). The molecule has 0 saturated heterocycles. The average Bonchev–Trinajstić information content (AvgIpc) is 2.76. The molecule has 154 valence electrons. The summed E-state index contributed by atoms with van der Waals surface area (Å²) in [7, 11) is 0. The molecule has 0 radical (unpaired) electrons. The zero-order chi connectivity index (χ0) is 21.5. The number of rotatable bonds is 7. The summed E-state index contributed by atoms with van der Waals surface area (Å²) in [6.45, 7) is 0.200. The van der Waals surface area contributed by atoms with Crippen LogP contribution >= 0.6 is 0 Å². The van der Waals surface area contributed by atoms with Gasteiger partial charge in [-0.05, 0) is 48.5 Å². The number of halogens is 3. The molecule has 0 aliphatic rings. The predicted molar refractivity (Wildman–Crippen MR) is 99.9 cm³/mol. The van der Waals surface area contributed by atoms with Gasteiger partial charge in [-0.1, -0.05) is 18.2 Å². The van der Waals surface area contributed by atoms with Crippen molar-refractivity contribution < 1.29 is 37.0 Å². The third-order valence-electron chi connectivity index (χ3n) is 3.88. The smallest absolute Gasteiger partial charge is 0.346 e. The van der Waals surface area contributed by atoms with Crippen LogP contribution in [-0.2, 0) is 4.74 Å². The molecule has 0 spiro atoms. The number of hydrogen-bond donors (Lipinski definition) is 0. The van der Waals surface area contributed by atoms with E-state index in [1.165, 1.54) is 24.3 Å². The first kappa shape index (κ1) is 20.9. The van der Waals surface area contributed by atoms with E-state index in [4.69, 9.17) is 14.2 Å². The van der Waals surface area contributed by atoms with Gasteiger partial charge in [0.15, 0.2) is 17.5 Å². The van der Waals surface area contributed by atoms with Gasteiger partial charge in [-0.25, -0.2) is 22.8 Å². The average molecular weight is 416 g/mol. The van der Waals surface area contributed by atoms with Gasteiger partial charge < -0.3 is 14.2 Å². The third-order valence-corrected chi connectivity index (χ3v) is 3.88. The highest BCUT2D eigenvalue weighted by molar-refractivity contribution is 5.92. The van der Waals surface area contributed by atoms with Crippen LogP contribution in [0.5, 0.6) is 11.5 Å². The Morgan fingerprint density at radius 1 is 0.700 bits per heavy atom. The van der Waals surface area contributed by atoms with Crippen LogP contribution in [0.15, 0.2) is 66.7 Å². The summed E-state index contributed by atoms with van der Waals surface area (Å²) in [6.07, 6.45) is 0. The van der Waals surface area contributed by atoms with Crippen molar-refractivity contribution in [3.63, 3.8) is 0 Å². The summed E-state index contributed by atoms with van der Waals surface area (Å²) in [4.78, 5) is 24.0. The summed E-state index contributed by atoms with van der Waals surface area (Å²) in [5.74, 6) is -6.01. The zero-order valence-corrected chi connectivity index (χ0v) is 15.4. The van der Waals surface area contributed by atoms with E-state index in [0.717, 1.165) is 6.07 Å². The molecule has 30 heavy (non-hydrogen) atoms. The second kappa shape index (κ2) is 9.60. The fourth-order valence-corrected chi connectivity index (χ4v) is 2.40. The van der Waals surface area contributed by atoms with Crippen molar-refractivity contribution in [2.24, 2.45) is 0 Å². The van der Waals surface area contributed by atoms with Crippen LogP contribution in [0.3, 0.4) is 0 Å². The van der Waals surface area contributed by atoms with E-state index in [9.17, 15) is 22.8 Å². The first-order valence-corrected chi connectivity index (χ1v) is 8.76. The quantitative estimate of drug-likeness (QED) is 0.245. The van der Waals surface area contributed by atoms with E-state index in [1.54, 1.807) is 12.1 Å². The van der Waals surface area contributed by atoms with E-state index in [1.807, 2.05) is 18.2 Å². The molecular weight excluding hydrogens is 401 g/mol. The number of esters is 2. The molecule has 8 heteroatoms. The Morgan fingerprint density at radius 3 is 2.10 bits per heavy atom. The van der Waals surface area contributed by atoms with Gasteiger partial charge in [0.2, 0.25) is 0 Å². The monoisotopic (exact) mass is 416 g/mol. The first-order valence-electron chi connectivity index (χ1n) is 8.76. The number of benzene rings is 3. The number of ether oxygens (including phenoxy) is 3. The molecule has 0 aliphatic heterocycles. The van der Waals surface area contributed by atoms with Gasteiger partial charge in [0.05, 0.1) is 11.1 Å². The molecule has 0 heterocycles. The van der Waals surface area contributed by atoms with Gasteiger partial charge in [0.1, 0.15) is 24.7 Å². The van der Waals surface area contributed by atoms with Crippen LogP contribution in [0.4, 0.5) is 13.2 Å². The second-order valence-corrected chi connectivity index (χ2v) is 5.93. The fourth-order valence-electron chi connectivity index (χ4n) is 2.40. The lowest BCUT2D eigenvalue weighted by atomic mass is 10.2. The lowest BCUT2D eigenvalue weighted by Crippen LogP contribution is -2.13. The molecule has 0 fully saturated rings. The minimum atomic E-state index is -1.77. The van der Waals surface area contributed by atoms with Gasteiger partial charge in [-0.2, -0.15) is 0 Å². The molecule has 0 aliphatic carbocycles. The molecule has 5 nitrogen and oxygen atoms in total. The zero-order valence-electron chi connectivity index (χ0n) is 15.4. The van der Waals surface area contributed by atoms with Crippen LogP contribution in [0.2, 0.25) is 0 Å². The normalized spacial score (nSPS) is 10.4. The van der Waals surface area contributed by atoms with Gasteiger partial charge in [0, 0.05) is 0 Å². The fraction of sp³-hybridized carbons (Fsp3) is 0.0909. The SMILES string of the molecule is O=C(OCCOc1ccccc1)c1ccc(OC(=O)c2ccc(F)c(F)c2F)cc1. The van der Waals surface area contributed by atoms with Crippen molar-refractivity contribution in [2.75, 3.05) is 13.2 Å². The highest BCUT2D eigenvalue weighted by Gasteiger charge is 2.20. The van der Waals surface area contributed by atoms with E-state index < -0.39 is 35.0 Å². The van der Waals surface area contributed by atoms with Crippen molar-refractivity contribution in [3.8, 4) is 11.5 Å². The van der Waals surface area contributed by atoms with Crippen molar-refractivity contribution >= 4 is 11.9 Å². The summed E-state index contributed by atoms with van der Waals surface area (Å²) in [5, 5.41) is 0. The Labute approximate surface area is 169 Å². The number of para-hydroxylation sites is 1. The van der Waals surface area contributed by atoms with Crippen LogP contribution in [0.1, 0.15) is 20.7 Å². The molecule has 0 unspecified atom stereocenters. The lowest BCUT2D eigenvalue weighted by molar-refractivity contribution is 0.0450. The predicted octanol–water partition coefficient (Wildman–Crippen LogP) is 4.56. The molecule has 3 aromatic rings. The molecule has 0 aromatic heterocycles. The van der Waals surface area contributed by atoms with Gasteiger partial charge >= 0.3 is 11.9 Å². The van der Waals surface area contributed by atoms with Crippen LogP contribution in [0.25, 0.3) is 0 Å². The summed E-state index contributed by atoms with van der Waals surface area (Å²) in [6, 6.07) is 15.7. The van der Waals surface area contributed by atoms with Crippen LogP contribution in [-0.4, -0.2) is 25.2 Å². The lowest BCUT2D eigenvalue weighted by Gasteiger charge is -2.08. The summed E-state index contributed by atoms with van der Waals surface area (Å²) >= 11 is 0. The Hall–Kier alpha value is -3.81. The van der Waals surface area contributed by atoms with E-state index in [-0.39, 0.29) is 24.5 Å². The molecule has 3 aromatic carbocycles. The topological polar surface area (TPSA) is 61.8 Å². The molecule has 0 amide bonds. The first-order chi connectivity index (χ1) is 14.5. The minimum Gasteiger partial charge on any atom is -0.490 e. The standard InChI is InChI=1S/C22H15F3O5/c23-18-11-10-17(19(24)20(18)25)22(27)30-16-8-6-14(7-9-16)21(26)29-13-12-28-15-4-2-1-3-5-15/h1-11H,12-13H2. The highest BCUT2D eigenvalue weighted by atomic mass is 19.2. The van der Waals surface area contributed by atoms with E-state index in [2.05, 4.69) is 0 Å². The molecule has 0 saturated carbocycles. The Bertz CT molecular complexity index is 1040. The third kappa shape index (κ3) is 5.16. The molecular formula is C22H15F3O5. The number of hydrogen-bond acceptors (Lipinski definition) is 5.